The van der Waals surface area contributed by atoms with Crippen LogP contribution in [0.15, 0.2) is 71.8 Å². The van der Waals surface area contributed by atoms with Gasteiger partial charge in [-0.05, 0) is 62.1 Å². The van der Waals surface area contributed by atoms with Gasteiger partial charge in [-0.25, -0.2) is 9.97 Å². The van der Waals surface area contributed by atoms with E-state index in [4.69, 9.17) is 32.3 Å². The van der Waals surface area contributed by atoms with Gasteiger partial charge in [0, 0.05) is 33.9 Å². The summed E-state index contributed by atoms with van der Waals surface area (Å²) in [5.74, 6) is 0. The molecule has 182 valence electrons. The summed E-state index contributed by atoms with van der Waals surface area (Å²) in [6.45, 7) is 7.39. The van der Waals surface area contributed by atoms with Crippen molar-refractivity contribution in [1.29, 1.82) is 10.8 Å². The molecule has 0 saturated heterocycles. The zero-order valence-electron chi connectivity index (χ0n) is 20.4. The first-order valence-corrected chi connectivity index (χ1v) is 11.3. The Labute approximate surface area is 221 Å². The molecule has 0 aliphatic heterocycles. The van der Waals surface area contributed by atoms with Crippen LogP contribution < -0.4 is 0 Å². The Bertz CT molecular complexity index is 1210. The average molecular weight is 646 g/mol. The molecule has 2 heterocycles. The number of nitrogens with one attached hydrogen (secondary N) is 4. The largest absolute Gasteiger partial charge is 2.00 e. The molecule has 35 heavy (non-hydrogen) atoms. The van der Waals surface area contributed by atoms with Gasteiger partial charge in [0.05, 0.1) is 11.4 Å². The molecule has 4 N–H and O–H groups in total. The van der Waals surface area contributed by atoms with Gasteiger partial charge in [-0.1, -0.05) is 50.2 Å². The second-order valence-corrected chi connectivity index (χ2v) is 8.03. The number of pyridine rings is 2. The molecule has 0 spiro atoms. The number of allylic oxidation sites excluding steroid dienone is 2. The van der Waals surface area contributed by atoms with E-state index in [9.17, 15) is 0 Å². The summed E-state index contributed by atoms with van der Waals surface area (Å²) in [4.78, 5) is 9.49. The van der Waals surface area contributed by atoms with E-state index in [1.807, 2.05) is 62.4 Å². The third-order valence-electron chi connectivity index (χ3n) is 5.85. The van der Waals surface area contributed by atoms with Gasteiger partial charge in [-0.2, -0.15) is 0 Å². The Balaban J connectivity index is 0.00000432. The van der Waals surface area contributed by atoms with Crippen molar-refractivity contribution in [3.05, 3.63) is 94.7 Å². The SMILES string of the molecule is CCC(=N)/C(C)=C(\[NH-])c1cccc(-c2ccccc2-c2cccc(/C([NH-])=C(\C)C(=N)CC)n2)n1.[Pt+2]. The van der Waals surface area contributed by atoms with E-state index in [0.29, 0.717) is 58.2 Å². The molecule has 3 rings (SSSR count). The summed E-state index contributed by atoms with van der Waals surface area (Å²) in [5.41, 5.74) is 23.9. The van der Waals surface area contributed by atoms with Crippen molar-refractivity contribution in [3.8, 4) is 22.5 Å². The zero-order chi connectivity index (χ0) is 24.8. The van der Waals surface area contributed by atoms with Gasteiger partial charge in [0.25, 0.3) is 0 Å². The topological polar surface area (TPSA) is 121 Å². The molecule has 0 atom stereocenters. The van der Waals surface area contributed by atoms with Gasteiger partial charge in [0.1, 0.15) is 0 Å². The second-order valence-electron chi connectivity index (χ2n) is 8.03. The van der Waals surface area contributed by atoms with Crippen LogP contribution in [0.2, 0.25) is 0 Å². The number of aromatic nitrogens is 2. The molecule has 7 heteroatoms. The van der Waals surface area contributed by atoms with Crippen molar-refractivity contribution in [2.45, 2.75) is 40.5 Å². The van der Waals surface area contributed by atoms with Gasteiger partial charge in [-0.3, -0.25) is 0 Å². The average Bonchev–Trinajstić information content (AvgIpc) is 2.90. The quantitative estimate of drug-likeness (QED) is 0.240. The molecule has 0 fully saturated rings. The van der Waals surface area contributed by atoms with Crippen molar-refractivity contribution >= 4 is 22.8 Å². The van der Waals surface area contributed by atoms with E-state index in [-0.39, 0.29) is 32.5 Å². The van der Waals surface area contributed by atoms with E-state index < -0.39 is 0 Å². The van der Waals surface area contributed by atoms with Gasteiger partial charge in [0.2, 0.25) is 0 Å². The van der Waals surface area contributed by atoms with Crippen LogP contribution in [-0.4, -0.2) is 21.4 Å². The first-order chi connectivity index (χ1) is 16.3. The van der Waals surface area contributed by atoms with Gasteiger partial charge in [-0.15, -0.1) is 11.4 Å². The molecule has 1 aromatic carbocycles. The first kappa shape index (κ1) is 27.9. The smallest absolute Gasteiger partial charge is 0.697 e. The molecular weight excluding hydrogens is 615 g/mol. The molecule has 0 saturated carbocycles. The van der Waals surface area contributed by atoms with Crippen LogP contribution in [-0.2, 0) is 21.1 Å². The predicted octanol–water partition coefficient (Wildman–Crippen LogP) is 8.23. The maximum Gasteiger partial charge on any atom is 2.00 e. The normalized spacial score (nSPS) is 12.2. The Hall–Kier alpha value is -3.37. The molecule has 0 unspecified atom stereocenters. The van der Waals surface area contributed by atoms with Crippen LogP contribution in [0.25, 0.3) is 45.4 Å². The van der Waals surface area contributed by atoms with E-state index in [1.54, 1.807) is 26.0 Å². The summed E-state index contributed by atoms with van der Waals surface area (Å²) >= 11 is 0. The van der Waals surface area contributed by atoms with Crippen molar-refractivity contribution in [3.63, 3.8) is 0 Å². The number of hydrogen-bond donors (Lipinski definition) is 2. The fraction of sp³-hybridized carbons (Fsp3) is 0.214. The van der Waals surface area contributed by atoms with Crippen molar-refractivity contribution in [2.75, 3.05) is 0 Å². The predicted molar refractivity (Wildman–Crippen MR) is 143 cm³/mol. The van der Waals surface area contributed by atoms with E-state index in [2.05, 4.69) is 0 Å². The monoisotopic (exact) mass is 645 g/mol. The van der Waals surface area contributed by atoms with Crippen LogP contribution >= 0.6 is 0 Å². The van der Waals surface area contributed by atoms with Crippen LogP contribution in [0.4, 0.5) is 0 Å². The standard InChI is InChI=1S/C28H30N6.Pt/c1-5-21(29)17(3)27(31)25-15-9-13-23(33-25)19-11-7-8-12-20(19)24-14-10-16-26(34-24)28(32)18(4)22(30)6-2;/h7-16,29-32H,5-6H2,1-4H3;/q-2;+2/b27-17-,28-18-,29-21?,30-22?;. The minimum atomic E-state index is 0. The number of hydrogen-bond acceptors (Lipinski definition) is 4. The maximum atomic E-state index is 8.52. The van der Waals surface area contributed by atoms with Crippen molar-refractivity contribution in [1.82, 2.24) is 9.97 Å². The Morgan fingerprint density at radius 3 is 1.37 bits per heavy atom. The molecule has 0 amide bonds. The first-order valence-electron chi connectivity index (χ1n) is 11.3. The van der Waals surface area contributed by atoms with Crippen molar-refractivity contribution < 1.29 is 21.1 Å². The van der Waals surface area contributed by atoms with Crippen LogP contribution in [0.1, 0.15) is 51.9 Å². The van der Waals surface area contributed by atoms with E-state index >= 15 is 0 Å². The van der Waals surface area contributed by atoms with E-state index in [1.165, 1.54) is 0 Å². The summed E-state index contributed by atoms with van der Waals surface area (Å²) < 4.78 is 0. The molecule has 0 aliphatic rings. The van der Waals surface area contributed by atoms with Crippen molar-refractivity contribution in [2.24, 2.45) is 0 Å². The number of benzene rings is 1. The molecule has 3 aromatic rings. The fourth-order valence-electron chi connectivity index (χ4n) is 3.59. The maximum absolute atomic E-state index is 8.52. The molecule has 6 nitrogen and oxygen atoms in total. The fourth-order valence-corrected chi connectivity index (χ4v) is 3.59. The van der Waals surface area contributed by atoms with Crippen LogP contribution in [0.3, 0.4) is 0 Å². The van der Waals surface area contributed by atoms with Gasteiger partial charge in [0.15, 0.2) is 0 Å². The zero-order valence-corrected chi connectivity index (χ0v) is 22.7. The summed E-state index contributed by atoms with van der Waals surface area (Å²) in [7, 11) is 0. The summed E-state index contributed by atoms with van der Waals surface area (Å²) in [5, 5.41) is 16.1. The second kappa shape index (κ2) is 12.4. The minimum Gasteiger partial charge on any atom is -0.697 e. The Kier molecular flexibility index (Phi) is 9.85. The summed E-state index contributed by atoms with van der Waals surface area (Å²) in [6.07, 6.45) is 1.14. The Morgan fingerprint density at radius 1 is 0.657 bits per heavy atom. The third kappa shape index (κ3) is 6.20. The number of rotatable bonds is 8. The minimum absolute atomic E-state index is 0. The Morgan fingerprint density at radius 2 is 1.03 bits per heavy atom. The molecule has 2 aromatic heterocycles. The molecule has 0 radical (unpaired) electrons. The van der Waals surface area contributed by atoms with E-state index in [0.717, 1.165) is 11.1 Å². The van der Waals surface area contributed by atoms with Gasteiger partial charge >= 0.3 is 21.1 Å². The molecule has 0 aliphatic carbocycles. The van der Waals surface area contributed by atoms with Crippen LogP contribution in [0.5, 0.6) is 0 Å². The molecule has 0 bridgehead atoms. The van der Waals surface area contributed by atoms with Crippen LogP contribution in [0, 0.1) is 10.8 Å². The number of nitrogens with zero attached hydrogens (tertiary/aromatic N) is 2. The third-order valence-corrected chi connectivity index (χ3v) is 5.85. The van der Waals surface area contributed by atoms with Gasteiger partial charge < -0.3 is 22.3 Å². The summed E-state index contributed by atoms with van der Waals surface area (Å²) in [6, 6.07) is 19.0. The molecular formula is C28H30N6Pt.